The summed E-state index contributed by atoms with van der Waals surface area (Å²) in [6, 6.07) is 10.9. The molecule has 0 bridgehead atoms. The third-order valence-electron chi connectivity index (χ3n) is 3.14. The minimum Gasteiger partial charge on any atom is -0.320 e. The number of rotatable bonds is 2. The summed E-state index contributed by atoms with van der Waals surface area (Å²) < 4.78 is 39.0. The van der Waals surface area contributed by atoms with Crippen molar-refractivity contribution in [2.24, 2.45) is 5.73 Å². The molecule has 2 rings (SSSR count). The van der Waals surface area contributed by atoms with Gasteiger partial charge in [-0.1, -0.05) is 18.2 Å². The first-order valence-electron chi connectivity index (χ1n) is 5.98. The normalized spacial score (nSPS) is 13.3. The number of benzene rings is 2. The highest BCUT2D eigenvalue weighted by Gasteiger charge is 2.30. The molecule has 2 aromatic carbocycles. The Morgan fingerprint density at radius 1 is 1.10 bits per heavy atom. The molecule has 0 amide bonds. The van der Waals surface area contributed by atoms with Crippen LogP contribution in [0, 0.1) is 10.5 Å². The van der Waals surface area contributed by atoms with Crippen LogP contribution in [0.2, 0.25) is 0 Å². The van der Waals surface area contributed by atoms with E-state index < -0.39 is 17.8 Å². The minimum absolute atomic E-state index is 0.424. The van der Waals surface area contributed by atoms with Crippen molar-refractivity contribution in [2.75, 3.05) is 0 Å². The Morgan fingerprint density at radius 3 is 2.35 bits per heavy atom. The van der Waals surface area contributed by atoms with Crippen LogP contribution in [-0.4, -0.2) is 0 Å². The highest BCUT2D eigenvalue weighted by atomic mass is 127. The van der Waals surface area contributed by atoms with Crippen molar-refractivity contribution in [3.8, 4) is 0 Å². The maximum Gasteiger partial charge on any atom is 0.416 e. The van der Waals surface area contributed by atoms with Gasteiger partial charge in [0.25, 0.3) is 0 Å². The molecular weight excluding hydrogens is 378 g/mol. The van der Waals surface area contributed by atoms with E-state index >= 15 is 0 Å². The van der Waals surface area contributed by atoms with Gasteiger partial charge in [-0.25, -0.2) is 0 Å². The van der Waals surface area contributed by atoms with E-state index in [9.17, 15) is 13.2 Å². The molecule has 106 valence electrons. The van der Waals surface area contributed by atoms with Crippen LogP contribution >= 0.6 is 22.6 Å². The van der Waals surface area contributed by atoms with Crippen LogP contribution in [0.15, 0.2) is 42.5 Å². The molecule has 1 nitrogen and oxygen atoms in total. The summed E-state index contributed by atoms with van der Waals surface area (Å²) in [4.78, 5) is 0. The fourth-order valence-corrected chi connectivity index (χ4v) is 2.65. The van der Waals surface area contributed by atoms with Crippen LogP contribution in [0.25, 0.3) is 0 Å². The van der Waals surface area contributed by atoms with E-state index in [1.807, 2.05) is 24.3 Å². The molecule has 2 N–H and O–H groups in total. The van der Waals surface area contributed by atoms with E-state index in [-0.39, 0.29) is 0 Å². The van der Waals surface area contributed by atoms with Crippen molar-refractivity contribution in [1.82, 2.24) is 0 Å². The Kier molecular flexibility index (Phi) is 4.39. The summed E-state index contributed by atoms with van der Waals surface area (Å²) in [5.41, 5.74) is 7.66. The van der Waals surface area contributed by atoms with Gasteiger partial charge < -0.3 is 5.73 Å². The second-order valence-corrected chi connectivity index (χ2v) is 5.85. The molecule has 0 aliphatic carbocycles. The number of aryl methyl sites for hydroxylation is 1. The summed E-state index contributed by atoms with van der Waals surface area (Å²) in [7, 11) is 0. The molecule has 0 spiro atoms. The fraction of sp³-hybridized carbons (Fsp3) is 0.200. The maximum absolute atomic E-state index is 12.6. The Morgan fingerprint density at radius 2 is 1.80 bits per heavy atom. The number of hydrogen-bond acceptors (Lipinski definition) is 1. The van der Waals surface area contributed by atoms with Crippen molar-refractivity contribution in [2.45, 2.75) is 19.1 Å². The second kappa shape index (κ2) is 5.73. The number of nitrogens with two attached hydrogens (primary N) is 1. The van der Waals surface area contributed by atoms with Gasteiger partial charge in [0.15, 0.2) is 0 Å². The molecule has 0 saturated carbocycles. The molecule has 0 aliphatic heterocycles. The lowest BCUT2D eigenvalue weighted by molar-refractivity contribution is -0.137. The fourth-order valence-electron chi connectivity index (χ4n) is 2.08. The van der Waals surface area contributed by atoms with Gasteiger partial charge in [0, 0.05) is 3.57 Å². The van der Waals surface area contributed by atoms with Crippen molar-refractivity contribution in [1.29, 1.82) is 0 Å². The third kappa shape index (κ3) is 3.32. The molecule has 20 heavy (non-hydrogen) atoms. The lowest BCUT2D eigenvalue weighted by Crippen LogP contribution is -2.14. The van der Waals surface area contributed by atoms with Crippen LogP contribution in [0.5, 0.6) is 0 Å². The summed E-state index contributed by atoms with van der Waals surface area (Å²) in [5, 5.41) is 0. The molecule has 0 saturated heterocycles. The molecule has 2 aromatic rings. The SMILES string of the molecule is Cc1cc(C(F)(F)F)ccc1C(N)c1cccc(I)c1. The van der Waals surface area contributed by atoms with E-state index in [0.717, 1.165) is 21.3 Å². The Hall–Kier alpha value is -1.08. The average Bonchev–Trinajstić information content (AvgIpc) is 2.36. The molecule has 0 aromatic heterocycles. The highest BCUT2D eigenvalue weighted by molar-refractivity contribution is 14.1. The van der Waals surface area contributed by atoms with Crippen LogP contribution < -0.4 is 5.73 Å². The summed E-state index contributed by atoms with van der Waals surface area (Å²) >= 11 is 2.18. The number of halogens is 4. The first-order chi connectivity index (χ1) is 9.29. The van der Waals surface area contributed by atoms with Gasteiger partial charge in [-0.05, 0) is 70.5 Å². The minimum atomic E-state index is -4.32. The zero-order valence-electron chi connectivity index (χ0n) is 10.7. The molecule has 1 unspecified atom stereocenters. The van der Waals surface area contributed by atoms with Gasteiger partial charge in [-0.15, -0.1) is 0 Å². The van der Waals surface area contributed by atoms with E-state index in [1.165, 1.54) is 6.07 Å². The van der Waals surface area contributed by atoms with Crippen LogP contribution in [0.1, 0.15) is 28.3 Å². The van der Waals surface area contributed by atoms with Crippen molar-refractivity contribution >= 4 is 22.6 Å². The van der Waals surface area contributed by atoms with Gasteiger partial charge in [0.05, 0.1) is 11.6 Å². The quantitative estimate of drug-likeness (QED) is 0.741. The van der Waals surface area contributed by atoms with Crippen LogP contribution in [0.3, 0.4) is 0 Å². The predicted octanol–water partition coefficient (Wildman–Crippen LogP) is 4.67. The standard InChI is InChI=1S/C15H13F3IN/c1-9-7-11(15(16,17)18)5-6-13(9)14(20)10-3-2-4-12(19)8-10/h2-8,14H,20H2,1H3. The molecule has 0 aliphatic rings. The summed E-state index contributed by atoms with van der Waals surface area (Å²) in [5.74, 6) is 0. The van der Waals surface area contributed by atoms with Gasteiger partial charge in [-0.3, -0.25) is 0 Å². The molecule has 0 radical (unpaired) electrons. The van der Waals surface area contributed by atoms with Crippen LogP contribution in [-0.2, 0) is 6.18 Å². The molecule has 0 heterocycles. The van der Waals surface area contributed by atoms with E-state index in [2.05, 4.69) is 22.6 Å². The smallest absolute Gasteiger partial charge is 0.320 e. The van der Waals surface area contributed by atoms with Gasteiger partial charge >= 0.3 is 6.18 Å². The zero-order valence-corrected chi connectivity index (χ0v) is 12.9. The lowest BCUT2D eigenvalue weighted by Gasteiger charge is -2.17. The lowest BCUT2D eigenvalue weighted by atomic mass is 9.94. The first kappa shape index (κ1) is 15.3. The zero-order chi connectivity index (χ0) is 14.9. The first-order valence-corrected chi connectivity index (χ1v) is 7.05. The Labute approximate surface area is 129 Å². The number of hydrogen-bond donors (Lipinski definition) is 1. The second-order valence-electron chi connectivity index (χ2n) is 4.60. The average molecular weight is 391 g/mol. The predicted molar refractivity (Wildman–Crippen MR) is 81.4 cm³/mol. The van der Waals surface area contributed by atoms with E-state index in [0.29, 0.717) is 11.1 Å². The molecule has 1 atom stereocenters. The van der Waals surface area contributed by atoms with Crippen molar-refractivity contribution < 1.29 is 13.2 Å². The summed E-state index contributed by atoms with van der Waals surface area (Å²) in [6.07, 6.45) is -4.32. The monoisotopic (exact) mass is 391 g/mol. The topological polar surface area (TPSA) is 26.0 Å². The Bertz CT molecular complexity index is 623. The van der Waals surface area contributed by atoms with E-state index in [1.54, 1.807) is 6.92 Å². The maximum atomic E-state index is 12.6. The molecule has 0 fully saturated rings. The third-order valence-corrected chi connectivity index (χ3v) is 3.81. The Balaban J connectivity index is 2.38. The van der Waals surface area contributed by atoms with Gasteiger partial charge in [0.2, 0.25) is 0 Å². The van der Waals surface area contributed by atoms with E-state index in [4.69, 9.17) is 5.73 Å². The van der Waals surface area contributed by atoms with Crippen molar-refractivity contribution in [3.63, 3.8) is 0 Å². The van der Waals surface area contributed by atoms with Gasteiger partial charge in [-0.2, -0.15) is 13.2 Å². The van der Waals surface area contributed by atoms with Crippen LogP contribution in [0.4, 0.5) is 13.2 Å². The highest BCUT2D eigenvalue weighted by Crippen LogP contribution is 2.32. The molecular formula is C15H13F3IN. The number of alkyl halides is 3. The largest absolute Gasteiger partial charge is 0.416 e. The molecule has 5 heteroatoms. The summed E-state index contributed by atoms with van der Waals surface area (Å²) in [6.45, 7) is 1.65. The van der Waals surface area contributed by atoms with Gasteiger partial charge in [0.1, 0.15) is 0 Å². The van der Waals surface area contributed by atoms with Crippen molar-refractivity contribution in [3.05, 3.63) is 68.3 Å².